The van der Waals surface area contributed by atoms with E-state index in [1.165, 1.54) is 0 Å². The summed E-state index contributed by atoms with van der Waals surface area (Å²) in [4.78, 5) is 12.2. The van der Waals surface area contributed by atoms with Gasteiger partial charge in [0, 0.05) is 18.2 Å². The molecular formula is C18H23ClN4O2. The zero-order valence-electron chi connectivity index (χ0n) is 14.5. The summed E-state index contributed by atoms with van der Waals surface area (Å²) in [6.07, 6.45) is 2.17. The van der Waals surface area contributed by atoms with Crippen LogP contribution in [0, 0.1) is 13.8 Å². The average molecular weight is 363 g/mol. The number of nitrogens with one attached hydrogen (secondary N) is 2. The largest absolute Gasteiger partial charge is 0.376 e. The number of rotatable bonds is 5. The monoisotopic (exact) mass is 362 g/mol. The van der Waals surface area contributed by atoms with Gasteiger partial charge in [-0.05, 0) is 38.3 Å². The number of aryl methyl sites for hydroxylation is 1. The van der Waals surface area contributed by atoms with Crippen molar-refractivity contribution >= 4 is 23.3 Å². The Balaban J connectivity index is 1.65. The molecule has 3 rings (SSSR count). The molecule has 0 unspecified atom stereocenters. The number of aromatic nitrogens is 2. The third-order valence-electron chi connectivity index (χ3n) is 4.41. The molecule has 1 atom stereocenters. The second kappa shape index (κ2) is 7.89. The van der Waals surface area contributed by atoms with E-state index in [1.54, 1.807) is 0 Å². The minimum absolute atomic E-state index is 0.121. The first kappa shape index (κ1) is 17.8. The van der Waals surface area contributed by atoms with Crippen molar-refractivity contribution in [3.63, 3.8) is 0 Å². The number of anilines is 1. The van der Waals surface area contributed by atoms with Crippen molar-refractivity contribution in [3.8, 4) is 0 Å². The Bertz CT molecular complexity index is 754. The number of carbonyl (C=O) groups is 1. The number of hydrogen-bond donors (Lipinski definition) is 2. The molecule has 0 saturated carbocycles. The van der Waals surface area contributed by atoms with Crippen LogP contribution in [0.1, 0.15) is 29.8 Å². The van der Waals surface area contributed by atoms with Crippen molar-refractivity contribution < 1.29 is 9.53 Å². The summed E-state index contributed by atoms with van der Waals surface area (Å²) in [6, 6.07) is 7.45. The summed E-state index contributed by atoms with van der Waals surface area (Å²) in [6.45, 7) is 5.68. The zero-order valence-corrected chi connectivity index (χ0v) is 15.3. The number of ether oxygens (including phenoxy) is 1. The van der Waals surface area contributed by atoms with E-state index in [0.717, 1.165) is 42.1 Å². The maximum absolute atomic E-state index is 12.2. The van der Waals surface area contributed by atoms with Crippen molar-refractivity contribution in [1.82, 2.24) is 15.1 Å². The van der Waals surface area contributed by atoms with Gasteiger partial charge in [0.25, 0.3) is 0 Å². The normalized spacial score (nSPS) is 16.8. The fourth-order valence-electron chi connectivity index (χ4n) is 2.99. The highest BCUT2D eigenvalue weighted by Gasteiger charge is 2.18. The fraction of sp³-hybridized carbons (Fsp3) is 0.444. The van der Waals surface area contributed by atoms with Crippen molar-refractivity contribution in [2.75, 3.05) is 18.5 Å². The molecule has 1 aliphatic rings. The maximum Gasteiger partial charge on any atom is 0.319 e. The van der Waals surface area contributed by atoms with E-state index in [9.17, 15) is 4.79 Å². The summed E-state index contributed by atoms with van der Waals surface area (Å²) in [7, 11) is 0. The van der Waals surface area contributed by atoms with Gasteiger partial charge >= 0.3 is 6.03 Å². The van der Waals surface area contributed by atoms with Gasteiger partial charge in [-0.2, -0.15) is 5.10 Å². The molecule has 1 aromatic heterocycles. The van der Waals surface area contributed by atoms with Gasteiger partial charge in [-0.25, -0.2) is 4.79 Å². The molecule has 2 heterocycles. The van der Waals surface area contributed by atoms with Crippen molar-refractivity contribution in [2.24, 2.45) is 0 Å². The lowest BCUT2D eigenvalue weighted by molar-refractivity contribution is 0.112. The minimum Gasteiger partial charge on any atom is -0.376 e. The van der Waals surface area contributed by atoms with Crippen LogP contribution in [0.5, 0.6) is 0 Å². The third kappa shape index (κ3) is 4.32. The summed E-state index contributed by atoms with van der Waals surface area (Å²) < 4.78 is 7.36. The molecule has 0 radical (unpaired) electrons. The van der Waals surface area contributed by atoms with Crippen LogP contribution < -0.4 is 10.6 Å². The lowest BCUT2D eigenvalue weighted by Gasteiger charge is -2.12. The van der Waals surface area contributed by atoms with Crippen LogP contribution in [0.4, 0.5) is 10.5 Å². The molecule has 1 fully saturated rings. The Morgan fingerprint density at radius 2 is 2.20 bits per heavy atom. The van der Waals surface area contributed by atoms with Crippen LogP contribution in [-0.4, -0.2) is 35.1 Å². The van der Waals surface area contributed by atoms with Crippen LogP contribution in [0.15, 0.2) is 24.3 Å². The Kier molecular flexibility index (Phi) is 5.60. The van der Waals surface area contributed by atoms with Crippen LogP contribution in [0.3, 0.4) is 0 Å². The zero-order chi connectivity index (χ0) is 17.8. The average Bonchev–Trinajstić information content (AvgIpc) is 3.19. The lowest BCUT2D eigenvalue weighted by atomic mass is 10.2. The van der Waals surface area contributed by atoms with Gasteiger partial charge < -0.3 is 15.4 Å². The van der Waals surface area contributed by atoms with Crippen LogP contribution in [0.25, 0.3) is 0 Å². The second-order valence-electron chi connectivity index (χ2n) is 6.26. The Hall–Kier alpha value is -2.05. The van der Waals surface area contributed by atoms with Crippen LogP contribution in [0.2, 0.25) is 5.02 Å². The van der Waals surface area contributed by atoms with Gasteiger partial charge in [0.05, 0.1) is 29.7 Å². The molecule has 134 valence electrons. The van der Waals surface area contributed by atoms with Crippen molar-refractivity contribution in [3.05, 3.63) is 46.2 Å². The number of benzene rings is 1. The molecule has 25 heavy (non-hydrogen) atoms. The van der Waals surface area contributed by atoms with Crippen molar-refractivity contribution in [1.29, 1.82) is 0 Å². The van der Waals surface area contributed by atoms with Gasteiger partial charge in [0.2, 0.25) is 0 Å². The number of amides is 2. The molecule has 1 saturated heterocycles. The molecule has 0 bridgehead atoms. The SMILES string of the molecule is Cc1nn(Cc2ccccc2Cl)c(C)c1NC(=O)NC[C@H]1CCCO1. The van der Waals surface area contributed by atoms with E-state index in [0.29, 0.717) is 18.1 Å². The van der Waals surface area contributed by atoms with Gasteiger partial charge in [-0.1, -0.05) is 29.8 Å². The molecule has 6 nitrogen and oxygen atoms in total. The molecule has 2 aromatic rings. The summed E-state index contributed by atoms with van der Waals surface area (Å²) in [5, 5.41) is 11.0. The number of urea groups is 1. The number of hydrogen-bond acceptors (Lipinski definition) is 3. The predicted octanol–water partition coefficient (Wildman–Crippen LogP) is 3.50. The standard InChI is InChI=1S/C18H23ClN4O2/c1-12-17(21-18(24)20-10-15-7-5-9-25-15)13(2)23(22-12)11-14-6-3-4-8-16(14)19/h3-4,6,8,15H,5,7,9-11H2,1-2H3,(H2,20,21,24)/t15-/m1/s1. The second-order valence-corrected chi connectivity index (χ2v) is 6.67. The Morgan fingerprint density at radius 3 is 2.92 bits per heavy atom. The van der Waals surface area contributed by atoms with E-state index >= 15 is 0 Å². The van der Waals surface area contributed by atoms with Crippen LogP contribution in [-0.2, 0) is 11.3 Å². The number of carbonyl (C=O) groups excluding carboxylic acids is 1. The minimum atomic E-state index is -0.237. The third-order valence-corrected chi connectivity index (χ3v) is 4.78. The van der Waals surface area contributed by atoms with Gasteiger partial charge in [-0.15, -0.1) is 0 Å². The quantitative estimate of drug-likeness (QED) is 0.855. The molecule has 1 aliphatic heterocycles. The Labute approximate surface area is 152 Å². The fourth-order valence-corrected chi connectivity index (χ4v) is 3.18. The molecule has 7 heteroatoms. The molecule has 2 N–H and O–H groups in total. The Morgan fingerprint density at radius 1 is 1.40 bits per heavy atom. The summed E-state index contributed by atoms with van der Waals surface area (Å²) in [5.41, 5.74) is 3.39. The number of halogens is 1. The maximum atomic E-state index is 12.2. The molecule has 0 aliphatic carbocycles. The van der Waals surface area contributed by atoms with Gasteiger partial charge in [0.1, 0.15) is 0 Å². The highest BCUT2D eigenvalue weighted by molar-refractivity contribution is 6.31. The lowest BCUT2D eigenvalue weighted by Crippen LogP contribution is -2.35. The van der Waals surface area contributed by atoms with E-state index < -0.39 is 0 Å². The first-order chi connectivity index (χ1) is 12.0. The molecule has 1 aromatic carbocycles. The van der Waals surface area contributed by atoms with Crippen molar-refractivity contribution in [2.45, 2.75) is 39.3 Å². The molecular weight excluding hydrogens is 340 g/mol. The highest BCUT2D eigenvalue weighted by Crippen LogP contribution is 2.22. The van der Waals surface area contributed by atoms with E-state index in [2.05, 4.69) is 15.7 Å². The highest BCUT2D eigenvalue weighted by atomic mass is 35.5. The van der Waals surface area contributed by atoms with E-state index in [-0.39, 0.29) is 12.1 Å². The number of nitrogens with zero attached hydrogens (tertiary/aromatic N) is 2. The molecule has 2 amide bonds. The summed E-state index contributed by atoms with van der Waals surface area (Å²) >= 11 is 6.23. The first-order valence-electron chi connectivity index (χ1n) is 8.48. The predicted molar refractivity (Wildman–Crippen MR) is 98.3 cm³/mol. The molecule has 0 spiro atoms. The topological polar surface area (TPSA) is 68.2 Å². The van der Waals surface area contributed by atoms with Crippen LogP contribution >= 0.6 is 11.6 Å². The first-order valence-corrected chi connectivity index (χ1v) is 8.86. The summed E-state index contributed by atoms with van der Waals surface area (Å²) in [5.74, 6) is 0. The van der Waals surface area contributed by atoms with E-state index in [1.807, 2.05) is 42.8 Å². The van der Waals surface area contributed by atoms with Gasteiger partial charge in [-0.3, -0.25) is 4.68 Å². The van der Waals surface area contributed by atoms with E-state index in [4.69, 9.17) is 16.3 Å². The van der Waals surface area contributed by atoms with Gasteiger partial charge in [0.15, 0.2) is 0 Å². The smallest absolute Gasteiger partial charge is 0.319 e.